The zero-order valence-electron chi connectivity index (χ0n) is 13.3. The molecule has 3 saturated heterocycles. The van der Waals surface area contributed by atoms with E-state index in [1.807, 2.05) is 4.90 Å². The Balaban J connectivity index is 1.20. The van der Waals surface area contributed by atoms with Crippen molar-refractivity contribution in [2.75, 3.05) is 39.4 Å². The summed E-state index contributed by atoms with van der Waals surface area (Å²) in [4.78, 5) is 16.6. The van der Waals surface area contributed by atoms with Crippen molar-refractivity contribution >= 4 is 6.03 Å². The number of hydrogen-bond acceptors (Lipinski definition) is 4. The van der Waals surface area contributed by atoms with E-state index in [-0.39, 0.29) is 11.8 Å². The highest BCUT2D eigenvalue weighted by atomic mass is 16.7. The van der Waals surface area contributed by atoms with Gasteiger partial charge in [-0.15, -0.1) is 0 Å². The lowest BCUT2D eigenvalue weighted by Crippen LogP contribution is -2.65. The van der Waals surface area contributed by atoms with Crippen LogP contribution in [0.4, 0.5) is 4.79 Å². The zero-order valence-corrected chi connectivity index (χ0v) is 13.3. The van der Waals surface area contributed by atoms with E-state index in [4.69, 9.17) is 9.47 Å². The second-order valence-electron chi connectivity index (χ2n) is 7.13. The first-order chi connectivity index (χ1) is 10.7. The van der Waals surface area contributed by atoms with Gasteiger partial charge in [-0.25, -0.2) is 4.79 Å². The molecule has 0 radical (unpaired) electrons. The number of likely N-dealkylation sites (tertiary alicyclic amines) is 2. The number of nitrogens with one attached hydrogen (secondary N) is 1. The van der Waals surface area contributed by atoms with Crippen LogP contribution in [0.25, 0.3) is 0 Å². The number of rotatable bonds is 2. The molecular formula is C16H27N3O3. The number of urea groups is 1. The quantitative estimate of drug-likeness (QED) is 0.832. The number of piperidine rings is 1. The third-order valence-corrected chi connectivity index (χ3v) is 5.72. The Morgan fingerprint density at radius 1 is 1.05 bits per heavy atom. The Kier molecular flexibility index (Phi) is 4.00. The molecule has 0 unspecified atom stereocenters. The molecule has 1 spiro atoms. The van der Waals surface area contributed by atoms with E-state index in [2.05, 4.69) is 10.2 Å². The molecule has 0 aromatic carbocycles. The minimum Gasteiger partial charge on any atom is -0.347 e. The van der Waals surface area contributed by atoms with Crippen molar-refractivity contribution in [2.45, 2.75) is 56.4 Å². The minimum atomic E-state index is -0.292. The molecule has 4 aliphatic rings. The zero-order chi connectivity index (χ0) is 15.0. The van der Waals surface area contributed by atoms with E-state index in [1.165, 1.54) is 12.8 Å². The standard InChI is InChI=1S/C16H27N3O3/c20-15(17-13-3-1-2-4-13)19-11-14(12-19)18-7-5-16(6-8-18)21-9-10-22-16/h13-14H,1-12H2,(H,17,20). The number of carbonyl (C=O) groups excluding carboxylic acids is 1. The molecule has 4 fully saturated rings. The van der Waals surface area contributed by atoms with Crippen LogP contribution in [0, 0.1) is 0 Å². The number of amides is 2. The van der Waals surface area contributed by atoms with Gasteiger partial charge < -0.3 is 19.7 Å². The normalized spacial score (nSPS) is 29.9. The van der Waals surface area contributed by atoms with Crippen molar-refractivity contribution in [1.29, 1.82) is 0 Å². The molecule has 2 amide bonds. The Morgan fingerprint density at radius 3 is 2.32 bits per heavy atom. The van der Waals surface area contributed by atoms with Crippen LogP contribution in [0.2, 0.25) is 0 Å². The molecule has 3 aliphatic heterocycles. The van der Waals surface area contributed by atoms with Crippen LogP contribution < -0.4 is 5.32 Å². The number of nitrogens with zero attached hydrogens (tertiary/aromatic N) is 2. The largest absolute Gasteiger partial charge is 0.347 e. The maximum Gasteiger partial charge on any atom is 0.317 e. The Morgan fingerprint density at radius 2 is 1.68 bits per heavy atom. The first-order valence-corrected chi connectivity index (χ1v) is 8.82. The smallest absolute Gasteiger partial charge is 0.317 e. The van der Waals surface area contributed by atoms with Crippen LogP contribution in [0.5, 0.6) is 0 Å². The maximum absolute atomic E-state index is 12.2. The van der Waals surface area contributed by atoms with Gasteiger partial charge in [-0.3, -0.25) is 4.90 Å². The number of ether oxygens (including phenoxy) is 2. The van der Waals surface area contributed by atoms with Gasteiger partial charge >= 0.3 is 6.03 Å². The molecule has 6 nitrogen and oxygen atoms in total. The van der Waals surface area contributed by atoms with Crippen molar-refractivity contribution < 1.29 is 14.3 Å². The third kappa shape index (κ3) is 2.84. The fraction of sp³-hybridized carbons (Fsp3) is 0.938. The van der Waals surface area contributed by atoms with Crippen LogP contribution >= 0.6 is 0 Å². The van der Waals surface area contributed by atoms with Crippen LogP contribution in [0.1, 0.15) is 38.5 Å². The van der Waals surface area contributed by atoms with Crippen LogP contribution in [-0.4, -0.2) is 73.1 Å². The van der Waals surface area contributed by atoms with Gasteiger partial charge in [0.1, 0.15) is 0 Å². The van der Waals surface area contributed by atoms with Gasteiger partial charge in [0.2, 0.25) is 0 Å². The van der Waals surface area contributed by atoms with E-state index in [0.29, 0.717) is 12.1 Å². The Labute approximate surface area is 132 Å². The third-order valence-electron chi connectivity index (χ3n) is 5.72. The van der Waals surface area contributed by atoms with E-state index < -0.39 is 0 Å². The topological polar surface area (TPSA) is 54.0 Å². The minimum absolute atomic E-state index is 0.138. The van der Waals surface area contributed by atoms with E-state index in [1.54, 1.807) is 0 Å². The predicted molar refractivity (Wildman–Crippen MR) is 81.6 cm³/mol. The number of carbonyl (C=O) groups is 1. The summed E-state index contributed by atoms with van der Waals surface area (Å²) < 4.78 is 11.5. The van der Waals surface area contributed by atoms with Gasteiger partial charge in [0.15, 0.2) is 5.79 Å². The van der Waals surface area contributed by atoms with Gasteiger partial charge in [0.05, 0.1) is 13.2 Å². The second kappa shape index (κ2) is 5.98. The summed E-state index contributed by atoms with van der Waals surface area (Å²) >= 11 is 0. The van der Waals surface area contributed by atoms with Crippen molar-refractivity contribution in [3.63, 3.8) is 0 Å². The summed E-state index contributed by atoms with van der Waals surface area (Å²) in [5, 5.41) is 3.17. The lowest BCUT2D eigenvalue weighted by atomic mass is 9.99. The highest BCUT2D eigenvalue weighted by Gasteiger charge is 2.43. The van der Waals surface area contributed by atoms with Crippen LogP contribution in [0.15, 0.2) is 0 Å². The molecule has 1 saturated carbocycles. The molecule has 1 aliphatic carbocycles. The fourth-order valence-electron chi connectivity index (χ4n) is 4.20. The molecule has 22 heavy (non-hydrogen) atoms. The summed E-state index contributed by atoms with van der Waals surface area (Å²) in [6.07, 6.45) is 6.73. The molecule has 3 heterocycles. The van der Waals surface area contributed by atoms with Crippen molar-refractivity contribution in [3.8, 4) is 0 Å². The van der Waals surface area contributed by atoms with E-state index in [0.717, 1.165) is 65.1 Å². The summed E-state index contributed by atoms with van der Waals surface area (Å²) in [5.74, 6) is -0.292. The monoisotopic (exact) mass is 309 g/mol. The highest BCUT2D eigenvalue weighted by molar-refractivity contribution is 5.75. The first-order valence-electron chi connectivity index (χ1n) is 8.82. The highest BCUT2D eigenvalue weighted by Crippen LogP contribution is 2.33. The molecular weight excluding hydrogens is 282 g/mol. The lowest BCUT2D eigenvalue weighted by Gasteiger charge is -2.48. The molecule has 0 aromatic rings. The van der Waals surface area contributed by atoms with E-state index >= 15 is 0 Å². The van der Waals surface area contributed by atoms with Gasteiger partial charge in [-0.2, -0.15) is 0 Å². The van der Waals surface area contributed by atoms with Crippen LogP contribution in [0.3, 0.4) is 0 Å². The van der Waals surface area contributed by atoms with Crippen molar-refractivity contribution in [2.24, 2.45) is 0 Å². The Bertz CT molecular complexity index is 403. The maximum atomic E-state index is 12.2. The second-order valence-corrected chi connectivity index (χ2v) is 7.13. The van der Waals surface area contributed by atoms with Gasteiger partial charge in [0, 0.05) is 51.1 Å². The molecule has 0 atom stereocenters. The van der Waals surface area contributed by atoms with Crippen molar-refractivity contribution in [3.05, 3.63) is 0 Å². The van der Waals surface area contributed by atoms with Gasteiger partial charge in [0.25, 0.3) is 0 Å². The molecule has 0 bridgehead atoms. The molecule has 4 rings (SSSR count). The molecule has 1 N–H and O–H groups in total. The van der Waals surface area contributed by atoms with Gasteiger partial charge in [-0.1, -0.05) is 12.8 Å². The first kappa shape index (κ1) is 14.7. The lowest BCUT2D eigenvalue weighted by molar-refractivity contribution is -0.190. The fourth-order valence-corrected chi connectivity index (χ4v) is 4.20. The SMILES string of the molecule is O=C(NC1CCCC1)N1CC(N2CCC3(CC2)OCCO3)C1. The van der Waals surface area contributed by atoms with Crippen LogP contribution in [-0.2, 0) is 9.47 Å². The number of hydrogen-bond donors (Lipinski definition) is 1. The average Bonchev–Trinajstić information content (AvgIpc) is 3.12. The average molecular weight is 309 g/mol. The summed E-state index contributed by atoms with van der Waals surface area (Å²) in [5.41, 5.74) is 0. The van der Waals surface area contributed by atoms with Crippen molar-refractivity contribution in [1.82, 2.24) is 15.1 Å². The van der Waals surface area contributed by atoms with E-state index in [9.17, 15) is 4.79 Å². The summed E-state index contributed by atoms with van der Waals surface area (Å²) in [6, 6.07) is 1.07. The molecule has 124 valence electrons. The molecule has 0 aromatic heterocycles. The Hall–Kier alpha value is -0.850. The summed E-state index contributed by atoms with van der Waals surface area (Å²) in [7, 11) is 0. The molecule has 6 heteroatoms. The summed E-state index contributed by atoms with van der Waals surface area (Å²) in [6.45, 7) is 5.24. The van der Waals surface area contributed by atoms with Gasteiger partial charge in [-0.05, 0) is 12.8 Å². The predicted octanol–water partition coefficient (Wildman–Crippen LogP) is 1.16.